The summed E-state index contributed by atoms with van der Waals surface area (Å²) in [6.45, 7) is 5.37. The van der Waals surface area contributed by atoms with Gasteiger partial charge >= 0.3 is 6.18 Å². The molecule has 0 saturated heterocycles. The van der Waals surface area contributed by atoms with Crippen LogP contribution in [-0.2, 0) is 12.6 Å². The molecular weight excluding hydrogens is 319 g/mol. The number of nitriles is 1. The molecule has 2 aromatic heterocycles. The summed E-state index contributed by atoms with van der Waals surface area (Å²) in [5.41, 5.74) is 1.26. The fourth-order valence-corrected chi connectivity index (χ4v) is 2.28. The first kappa shape index (κ1) is 17.7. The molecule has 0 amide bonds. The van der Waals surface area contributed by atoms with Gasteiger partial charge in [-0.15, -0.1) is 0 Å². The first-order valence-corrected chi connectivity index (χ1v) is 7.24. The van der Waals surface area contributed by atoms with Crippen LogP contribution in [0, 0.1) is 32.1 Å². The van der Waals surface area contributed by atoms with Gasteiger partial charge in [-0.3, -0.25) is 0 Å². The van der Waals surface area contributed by atoms with E-state index in [0.717, 1.165) is 11.6 Å². The van der Waals surface area contributed by atoms with E-state index >= 15 is 0 Å². The molecule has 0 fully saturated rings. The summed E-state index contributed by atoms with van der Waals surface area (Å²) in [7, 11) is 0. The normalized spacial score (nSPS) is 11.2. The third-order valence-corrected chi connectivity index (χ3v) is 3.36. The Morgan fingerprint density at radius 1 is 1.12 bits per heavy atom. The van der Waals surface area contributed by atoms with Crippen LogP contribution in [-0.4, -0.2) is 21.5 Å². The first-order chi connectivity index (χ1) is 11.2. The van der Waals surface area contributed by atoms with E-state index in [4.69, 9.17) is 5.26 Å². The second kappa shape index (κ2) is 6.83. The number of anilines is 1. The fraction of sp³-hybridized carbons (Fsp3) is 0.375. The molecule has 0 aliphatic heterocycles. The van der Waals surface area contributed by atoms with E-state index in [2.05, 4.69) is 26.3 Å². The molecule has 24 heavy (non-hydrogen) atoms. The third kappa shape index (κ3) is 4.19. The highest BCUT2D eigenvalue weighted by molar-refractivity contribution is 5.48. The molecule has 5 nitrogen and oxygen atoms in total. The topological polar surface area (TPSA) is 74.5 Å². The summed E-state index contributed by atoms with van der Waals surface area (Å²) in [5, 5.41) is 12.0. The molecule has 0 aliphatic carbocycles. The molecule has 2 rings (SSSR count). The average molecular weight is 335 g/mol. The number of pyridine rings is 1. The van der Waals surface area contributed by atoms with Crippen molar-refractivity contribution in [3.05, 3.63) is 46.2 Å². The predicted molar refractivity (Wildman–Crippen MR) is 82.4 cm³/mol. The number of rotatable bonds is 4. The van der Waals surface area contributed by atoms with Gasteiger partial charge in [0.15, 0.2) is 0 Å². The maximum atomic E-state index is 12.8. The lowest BCUT2D eigenvalue weighted by Crippen LogP contribution is -2.14. The van der Waals surface area contributed by atoms with Gasteiger partial charge in [0.05, 0.1) is 11.3 Å². The van der Waals surface area contributed by atoms with Gasteiger partial charge in [0.2, 0.25) is 0 Å². The molecule has 0 radical (unpaired) electrons. The molecule has 0 aromatic carbocycles. The Morgan fingerprint density at radius 3 is 2.42 bits per heavy atom. The second-order valence-corrected chi connectivity index (χ2v) is 5.38. The molecule has 0 bridgehead atoms. The summed E-state index contributed by atoms with van der Waals surface area (Å²) >= 11 is 0. The van der Waals surface area contributed by atoms with E-state index in [9.17, 15) is 13.2 Å². The summed E-state index contributed by atoms with van der Waals surface area (Å²) in [4.78, 5) is 11.8. The lowest BCUT2D eigenvalue weighted by molar-refractivity contribution is -0.141. The highest BCUT2D eigenvalue weighted by atomic mass is 19.4. The molecule has 0 unspecified atom stereocenters. The van der Waals surface area contributed by atoms with Gasteiger partial charge in [-0.05, 0) is 38.5 Å². The van der Waals surface area contributed by atoms with Gasteiger partial charge in [0, 0.05) is 18.7 Å². The molecule has 0 atom stereocenters. The Kier molecular flexibility index (Phi) is 5.02. The molecule has 2 heterocycles. The maximum absolute atomic E-state index is 12.8. The number of hydrogen-bond acceptors (Lipinski definition) is 5. The highest BCUT2D eigenvalue weighted by Gasteiger charge is 2.33. The summed E-state index contributed by atoms with van der Waals surface area (Å²) in [6.07, 6.45) is -4.26. The number of halogens is 3. The maximum Gasteiger partial charge on any atom is 0.433 e. The largest absolute Gasteiger partial charge is 0.433 e. The Balaban J connectivity index is 2.08. The number of alkyl halides is 3. The monoisotopic (exact) mass is 335 g/mol. The van der Waals surface area contributed by atoms with Crippen molar-refractivity contribution in [2.75, 3.05) is 11.9 Å². The smallest absolute Gasteiger partial charge is 0.370 e. The lowest BCUT2D eigenvalue weighted by Gasteiger charge is -2.11. The van der Waals surface area contributed by atoms with Crippen LogP contribution in [0.15, 0.2) is 12.1 Å². The van der Waals surface area contributed by atoms with Crippen LogP contribution in [0.5, 0.6) is 0 Å². The van der Waals surface area contributed by atoms with Crippen molar-refractivity contribution in [3.63, 3.8) is 0 Å². The predicted octanol–water partition coefficient (Wildman–Crippen LogP) is 3.34. The van der Waals surface area contributed by atoms with Crippen LogP contribution in [0.2, 0.25) is 0 Å². The van der Waals surface area contributed by atoms with Crippen LogP contribution in [0.4, 0.5) is 19.0 Å². The highest BCUT2D eigenvalue weighted by Crippen LogP contribution is 2.27. The minimum atomic E-state index is -4.49. The van der Waals surface area contributed by atoms with E-state index < -0.39 is 11.9 Å². The number of nitrogens with one attached hydrogen (secondary N) is 1. The minimum Gasteiger partial charge on any atom is -0.370 e. The lowest BCUT2D eigenvalue weighted by atomic mass is 10.1. The molecule has 8 heteroatoms. The Bertz CT molecular complexity index is 770. The van der Waals surface area contributed by atoms with E-state index in [1.54, 1.807) is 19.9 Å². The van der Waals surface area contributed by atoms with Crippen LogP contribution in [0.1, 0.15) is 34.0 Å². The zero-order chi connectivity index (χ0) is 17.9. The van der Waals surface area contributed by atoms with Crippen LogP contribution < -0.4 is 5.32 Å². The number of hydrogen-bond donors (Lipinski definition) is 1. The molecule has 0 saturated carbocycles. The van der Waals surface area contributed by atoms with Gasteiger partial charge in [-0.1, -0.05) is 0 Å². The first-order valence-electron chi connectivity index (χ1n) is 7.24. The molecule has 0 spiro atoms. The van der Waals surface area contributed by atoms with Crippen LogP contribution in [0.25, 0.3) is 0 Å². The Morgan fingerprint density at radius 2 is 1.83 bits per heavy atom. The molecule has 2 aromatic rings. The van der Waals surface area contributed by atoms with E-state index in [-0.39, 0.29) is 17.9 Å². The summed E-state index contributed by atoms with van der Waals surface area (Å²) in [5.74, 6) is 0.685. The van der Waals surface area contributed by atoms with Crippen molar-refractivity contribution in [1.29, 1.82) is 5.26 Å². The standard InChI is InChI=1S/C16H16F3N5/c1-9-6-15(23-11(3)12(9)8-20)21-5-4-14-22-10(2)7-13(24-14)16(17,18)19/h6-7H,4-5H2,1-3H3,(H,21,23). The number of aryl methyl sites for hydroxylation is 3. The van der Waals surface area contributed by atoms with E-state index in [1.165, 1.54) is 6.92 Å². The third-order valence-electron chi connectivity index (χ3n) is 3.36. The number of aromatic nitrogens is 3. The van der Waals surface area contributed by atoms with E-state index in [0.29, 0.717) is 23.6 Å². The minimum absolute atomic E-state index is 0.122. The van der Waals surface area contributed by atoms with Crippen LogP contribution >= 0.6 is 0 Å². The molecule has 0 aliphatic rings. The van der Waals surface area contributed by atoms with Gasteiger partial charge < -0.3 is 5.32 Å². The van der Waals surface area contributed by atoms with Crippen molar-refractivity contribution in [2.24, 2.45) is 0 Å². The van der Waals surface area contributed by atoms with Gasteiger partial charge in [-0.2, -0.15) is 18.4 Å². The SMILES string of the molecule is Cc1cc(C(F)(F)F)nc(CCNc2cc(C)c(C#N)c(C)n2)n1. The summed E-state index contributed by atoms with van der Waals surface area (Å²) < 4.78 is 38.3. The average Bonchev–Trinajstić information content (AvgIpc) is 2.45. The zero-order valence-corrected chi connectivity index (χ0v) is 13.5. The van der Waals surface area contributed by atoms with Gasteiger partial charge in [0.25, 0.3) is 0 Å². The Hall–Kier alpha value is -2.69. The second-order valence-electron chi connectivity index (χ2n) is 5.38. The summed E-state index contributed by atoms with van der Waals surface area (Å²) in [6, 6.07) is 4.73. The zero-order valence-electron chi connectivity index (χ0n) is 13.5. The Labute approximate surface area is 137 Å². The molecule has 126 valence electrons. The van der Waals surface area contributed by atoms with Crippen molar-refractivity contribution in [3.8, 4) is 6.07 Å². The van der Waals surface area contributed by atoms with Crippen molar-refractivity contribution in [1.82, 2.24) is 15.0 Å². The van der Waals surface area contributed by atoms with Crippen molar-refractivity contribution in [2.45, 2.75) is 33.4 Å². The van der Waals surface area contributed by atoms with Crippen molar-refractivity contribution >= 4 is 5.82 Å². The fourth-order valence-electron chi connectivity index (χ4n) is 2.28. The quantitative estimate of drug-likeness (QED) is 0.927. The molecule has 1 N–H and O–H groups in total. The van der Waals surface area contributed by atoms with Crippen LogP contribution in [0.3, 0.4) is 0 Å². The van der Waals surface area contributed by atoms with Gasteiger partial charge in [-0.25, -0.2) is 15.0 Å². The number of nitrogens with zero attached hydrogens (tertiary/aromatic N) is 4. The van der Waals surface area contributed by atoms with Gasteiger partial charge in [0.1, 0.15) is 23.4 Å². The van der Waals surface area contributed by atoms with E-state index in [1.807, 2.05) is 0 Å². The molecular formula is C16H16F3N5. The van der Waals surface area contributed by atoms with Crippen molar-refractivity contribution < 1.29 is 13.2 Å².